The molecule has 2 heterocycles. The van der Waals surface area contributed by atoms with E-state index in [1.165, 1.54) is 55.7 Å². The van der Waals surface area contributed by atoms with Gasteiger partial charge in [0.15, 0.2) is 0 Å². The summed E-state index contributed by atoms with van der Waals surface area (Å²) >= 11 is 0. The Labute approximate surface area is 110 Å². The van der Waals surface area contributed by atoms with Crippen molar-refractivity contribution in [3.8, 4) is 0 Å². The third-order valence-electron chi connectivity index (χ3n) is 4.36. The van der Waals surface area contributed by atoms with E-state index in [4.69, 9.17) is 0 Å². The Balaban J connectivity index is 1.81. The predicted octanol–water partition coefficient (Wildman–Crippen LogP) is 3.67. The van der Waals surface area contributed by atoms with Crippen molar-refractivity contribution in [3.05, 3.63) is 23.8 Å². The number of benzene rings is 1. The van der Waals surface area contributed by atoms with Gasteiger partial charge in [0.25, 0.3) is 0 Å². The average Bonchev–Trinajstić information content (AvgIpc) is 2.38. The molecule has 2 aliphatic heterocycles. The van der Waals surface area contributed by atoms with Crippen LogP contribution in [-0.2, 0) is 6.42 Å². The van der Waals surface area contributed by atoms with Crippen LogP contribution in [0.2, 0.25) is 0 Å². The molecule has 18 heavy (non-hydrogen) atoms. The highest BCUT2D eigenvalue weighted by molar-refractivity contribution is 5.62. The fourth-order valence-electron chi connectivity index (χ4n) is 3.26. The molecule has 1 aromatic carbocycles. The molecule has 2 atom stereocenters. The summed E-state index contributed by atoms with van der Waals surface area (Å²) in [7, 11) is 0. The van der Waals surface area contributed by atoms with Crippen LogP contribution in [0.25, 0.3) is 0 Å². The molecule has 0 aromatic heterocycles. The molecule has 2 heteroatoms. The van der Waals surface area contributed by atoms with E-state index >= 15 is 0 Å². The number of rotatable bonds is 1. The van der Waals surface area contributed by atoms with Crippen molar-refractivity contribution in [1.29, 1.82) is 0 Å². The lowest BCUT2D eigenvalue weighted by atomic mass is 9.96. The number of hydrogen-bond donors (Lipinski definition) is 1. The summed E-state index contributed by atoms with van der Waals surface area (Å²) in [6.45, 7) is 7.09. The van der Waals surface area contributed by atoms with Gasteiger partial charge in [-0.2, -0.15) is 0 Å². The first-order valence-electron chi connectivity index (χ1n) is 7.37. The molecule has 2 nitrogen and oxygen atoms in total. The fourth-order valence-corrected chi connectivity index (χ4v) is 3.26. The minimum Gasteiger partial charge on any atom is -0.382 e. The van der Waals surface area contributed by atoms with Gasteiger partial charge in [0.05, 0.1) is 0 Å². The molecule has 0 spiro atoms. The van der Waals surface area contributed by atoms with E-state index in [2.05, 4.69) is 42.3 Å². The monoisotopic (exact) mass is 244 g/mol. The Morgan fingerprint density at radius 1 is 1.22 bits per heavy atom. The highest BCUT2D eigenvalue weighted by atomic mass is 15.1. The first-order valence-corrected chi connectivity index (χ1v) is 7.37. The van der Waals surface area contributed by atoms with E-state index < -0.39 is 0 Å². The summed E-state index contributed by atoms with van der Waals surface area (Å²) in [6, 6.07) is 7.60. The molecule has 3 rings (SSSR count). The topological polar surface area (TPSA) is 15.3 Å². The van der Waals surface area contributed by atoms with Crippen molar-refractivity contribution in [2.75, 3.05) is 23.3 Å². The van der Waals surface area contributed by atoms with Gasteiger partial charge in [0.1, 0.15) is 0 Å². The van der Waals surface area contributed by atoms with E-state index in [9.17, 15) is 0 Å². The second kappa shape index (κ2) is 4.83. The van der Waals surface area contributed by atoms with Gasteiger partial charge < -0.3 is 10.2 Å². The molecule has 0 aliphatic carbocycles. The fraction of sp³-hybridized carbons (Fsp3) is 0.625. The lowest BCUT2D eigenvalue weighted by Crippen LogP contribution is -2.34. The Kier molecular flexibility index (Phi) is 3.19. The van der Waals surface area contributed by atoms with Gasteiger partial charge in [-0.15, -0.1) is 0 Å². The molecule has 1 saturated heterocycles. The second-order valence-corrected chi connectivity index (χ2v) is 6.12. The van der Waals surface area contributed by atoms with E-state index in [-0.39, 0.29) is 0 Å². The molecule has 0 bridgehead atoms. The molecule has 0 saturated carbocycles. The molecule has 0 amide bonds. The molecule has 98 valence electrons. The Morgan fingerprint density at radius 2 is 2.11 bits per heavy atom. The zero-order valence-electron chi connectivity index (χ0n) is 11.6. The first kappa shape index (κ1) is 11.9. The van der Waals surface area contributed by atoms with Crippen molar-refractivity contribution in [2.45, 2.75) is 45.6 Å². The van der Waals surface area contributed by atoms with Crippen molar-refractivity contribution < 1.29 is 0 Å². The Bertz CT molecular complexity index is 427. The largest absolute Gasteiger partial charge is 0.382 e. The van der Waals surface area contributed by atoms with Crippen molar-refractivity contribution in [1.82, 2.24) is 0 Å². The van der Waals surface area contributed by atoms with Gasteiger partial charge in [-0.25, -0.2) is 0 Å². The molecule has 2 unspecified atom stereocenters. The minimum atomic E-state index is 0.623. The lowest BCUT2D eigenvalue weighted by Gasteiger charge is -2.34. The zero-order chi connectivity index (χ0) is 12.5. The zero-order valence-corrected chi connectivity index (χ0v) is 11.6. The van der Waals surface area contributed by atoms with Crippen LogP contribution < -0.4 is 10.2 Å². The molecule has 2 aliphatic rings. The minimum absolute atomic E-state index is 0.623. The number of piperidine rings is 1. The molecule has 1 fully saturated rings. The first-order chi connectivity index (χ1) is 8.72. The third kappa shape index (κ3) is 2.33. The van der Waals surface area contributed by atoms with Gasteiger partial charge in [-0.3, -0.25) is 0 Å². The van der Waals surface area contributed by atoms with Crippen LogP contribution in [0.1, 0.15) is 38.7 Å². The Morgan fingerprint density at radius 3 is 2.94 bits per heavy atom. The highest BCUT2D eigenvalue weighted by Gasteiger charge is 2.19. The third-order valence-corrected chi connectivity index (χ3v) is 4.36. The van der Waals surface area contributed by atoms with Gasteiger partial charge in [-0.1, -0.05) is 6.92 Å². The van der Waals surface area contributed by atoms with Crippen LogP contribution in [0, 0.1) is 5.92 Å². The van der Waals surface area contributed by atoms with Gasteiger partial charge >= 0.3 is 0 Å². The number of fused-ring (bicyclic) bond motifs is 1. The molecule has 0 radical (unpaired) electrons. The lowest BCUT2D eigenvalue weighted by molar-refractivity contribution is 0.447. The SMILES string of the molecule is CC1CCCN(c2ccc3c(c2)CCC(C)N3)C1. The maximum absolute atomic E-state index is 3.58. The van der Waals surface area contributed by atoms with E-state index in [1.807, 2.05) is 0 Å². The van der Waals surface area contributed by atoms with Crippen LogP contribution in [-0.4, -0.2) is 19.1 Å². The quantitative estimate of drug-likeness (QED) is 0.811. The van der Waals surface area contributed by atoms with Gasteiger partial charge in [-0.05, 0) is 62.3 Å². The molecule has 1 N–H and O–H groups in total. The van der Waals surface area contributed by atoms with Crippen LogP contribution >= 0.6 is 0 Å². The van der Waals surface area contributed by atoms with Crippen LogP contribution in [0.4, 0.5) is 11.4 Å². The van der Waals surface area contributed by atoms with Gasteiger partial charge in [0, 0.05) is 30.5 Å². The van der Waals surface area contributed by atoms with Crippen molar-refractivity contribution >= 4 is 11.4 Å². The number of aryl methyl sites for hydroxylation is 1. The highest BCUT2D eigenvalue weighted by Crippen LogP contribution is 2.30. The van der Waals surface area contributed by atoms with Crippen molar-refractivity contribution in [2.24, 2.45) is 5.92 Å². The summed E-state index contributed by atoms with van der Waals surface area (Å²) in [5.74, 6) is 0.841. The van der Waals surface area contributed by atoms with Crippen molar-refractivity contribution in [3.63, 3.8) is 0 Å². The smallest absolute Gasteiger partial charge is 0.0376 e. The van der Waals surface area contributed by atoms with Gasteiger partial charge in [0.2, 0.25) is 0 Å². The maximum Gasteiger partial charge on any atom is 0.0376 e. The summed E-state index contributed by atoms with van der Waals surface area (Å²) in [6.07, 6.45) is 5.21. The summed E-state index contributed by atoms with van der Waals surface area (Å²) < 4.78 is 0. The van der Waals surface area contributed by atoms with E-state index in [0.717, 1.165) is 5.92 Å². The second-order valence-electron chi connectivity index (χ2n) is 6.12. The number of anilines is 2. The molecular weight excluding hydrogens is 220 g/mol. The summed E-state index contributed by atoms with van der Waals surface area (Å²) in [5.41, 5.74) is 4.28. The number of nitrogens with one attached hydrogen (secondary N) is 1. The number of hydrogen-bond acceptors (Lipinski definition) is 2. The van der Waals surface area contributed by atoms with Crippen LogP contribution in [0.15, 0.2) is 18.2 Å². The standard InChI is InChI=1S/C16H24N2/c1-12-4-3-9-18(11-12)15-7-8-16-14(10-15)6-5-13(2)17-16/h7-8,10,12-13,17H,3-6,9,11H2,1-2H3. The Hall–Kier alpha value is -1.18. The average molecular weight is 244 g/mol. The van der Waals surface area contributed by atoms with Crippen LogP contribution in [0.3, 0.4) is 0 Å². The normalized spacial score (nSPS) is 27.6. The molecular formula is C16H24N2. The number of nitrogens with zero attached hydrogens (tertiary/aromatic N) is 1. The van der Waals surface area contributed by atoms with E-state index in [1.54, 1.807) is 0 Å². The predicted molar refractivity (Wildman–Crippen MR) is 78.5 cm³/mol. The van der Waals surface area contributed by atoms with Crippen LogP contribution in [0.5, 0.6) is 0 Å². The maximum atomic E-state index is 3.58. The summed E-state index contributed by atoms with van der Waals surface area (Å²) in [5, 5.41) is 3.58. The molecule has 1 aromatic rings. The summed E-state index contributed by atoms with van der Waals surface area (Å²) in [4.78, 5) is 2.56. The van der Waals surface area contributed by atoms with E-state index in [0.29, 0.717) is 6.04 Å².